The average Bonchev–Trinajstić information content (AvgIpc) is 2.36. The molecule has 4 heteroatoms. The van der Waals surface area contributed by atoms with E-state index in [1.807, 2.05) is 42.5 Å². The fourth-order valence-electron chi connectivity index (χ4n) is 1.56. The molecule has 2 aromatic rings. The van der Waals surface area contributed by atoms with Gasteiger partial charge in [-0.25, -0.2) is 0 Å². The van der Waals surface area contributed by atoms with E-state index >= 15 is 0 Å². The Morgan fingerprint density at radius 1 is 1.17 bits per heavy atom. The minimum atomic E-state index is -0.0755. The van der Waals surface area contributed by atoms with Gasteiger partial charge in [-0.3, -0.25) is 4.79 Å². The lowest BCUT2D eigenvalue weighted by Crippen LogP contribution is -2.22. The Morgan fingerprint density at radius 3 is 2.67 bits per heavy atom. The van der Waals surface area contributed by atoms with Crippen LogP contribution in [0, 0.1) is 3.57 Å². The smallest absolute Gasteiger partial charge is 0.251 e. The molecule has 2 aromatic carbocycles. The van der Waals surface area contributed by atoms with Crippen molar-refractivity contribution in [2.75, 3.05) is 0 Å². The highest BCUT2D eigenvalue weighted by Crippen LogP contribution is 2.11. The van der Waals surface area contributed by atoms with E-state index in [0.717, 1.165) is 9.13 Å². The van der Waals surface area contributed by atoms with Crippen LogP contribution in [0.2, 0.25) is 5.02 Å². The number of nitrogens with one attached hydrogen (secondary N) is 1. The zero-order valence-electron chi connectivity index (χ0n) is 9.49. The Balaban J connectivity index is 2.00. The lowest BCUT2D eigenvalue weighted by molar-refractivity contribution is 0.0951. The number of carbonyl (C=O) groups is 1. The maximum atomic E-state index is 11.9. The minimum absolute atomic E-state index is 0.0755. The molecule has 0 unspecified atom stereocenters. The molecule has 0 bridgehead atoms. The van der Waals surface area contributed by atoms with Gasteiger partial charge in [-0.1, -0.05) is 29.8 Å². The highest BCUT2D eigenvalue weighted by Gasteiger charge is 2.05. The van der Waals surface area contributed by atoms with Crippen molar-refractivity contribution in [3.63, 3.8) is 0 Å². The van der Waals surface area contributed by atoms with E-state index in [9.17, 15) is 4.79 Å². The SMILES string of the molecule is O=C(NCc1cccc(Cl)c1)c1cccc(I)c1. The summed E-state index contributed by atoms with van der Waals surface area (Å²) in [7, 11) is 0. The maximum Gasteiger partial charge on any atom is 0.251 e. The van der Waals surface area contributed by atoms with Gasteiger partial charge in [0.2, 0.25) is 0 Å². The van der Waals surface area contributed by atoms with Crippen LogP contribution in [0.1, 0.15) is 15.9 Å². The highest BCUT2D eigenvalue weighted by molar-refractivity contribution is 14.1. The number of halogens is 2. The summed E-state index contributed by atoms with van der Waals surface area (Å²) in [5.41, 5.74) is 1.66. The summed E-state index contributed by atoms with van der Waals surface area (Å²) in [5, 5.41) is 3.55. The van der Waals surface area contributed by atoms with Gasteiger partial charge < -0.3 is 5.32 Å². The van der Waals surface area contributed by atoms with E-state index in [1.54, 1.807) is 6.07 Å². The van der Waals surface area contributed by atoms with Crippen molar-refractivity contribution in [2.24, 2.45) is 0 Å². The summed E-state index contributed by atoms with van der Waals surface area (Å²) < 4.78 is 1.04. The van der Waals surface area contributed by atoms with Crippen molar-refractivity contribution in [1.82, 2.24) is 5.32 Å². The molecule has 1 N–H and O–H groups in total. The molecule has 0 atom stereocenters. The second kappa shape index (κ2) is 6.20. The summed E-state index contributed by atoms with van der Waals surface area (Å²) >= 11 is 8.07. The molecule has 0 radical (unpaired) electrons. The lowest BCUT2D eigenvalue weighted by Gasteiger charge is -2.06. The van der Waals surface area contributed by atoms with Crippen LogP contribution in [0.4, 0.5) is 0 Å². The van der Waals surface area contributed by atoms with E-state index in [1.165, 1.54) is 0 Å². The Hall–Kier alpha value is -1.07. The number of carbonyl (C=O) groups excluding carboxylic acids is 1. The zero-order chi connectivity index (χ0) is 13.0. The van der Waals surface area contributed by atoms with E-state index in [4.69, 9.17) is 11.6 Å². The predicted molar refractivity (Wildman–Crippen MR) is 81.8 cm³/mol. The molecule has 0 aliphatic heterocycles. The second-order valence-corrected chi connectivity index (χ2v) is 5.51. The summed E-state index contributed by atoms with van der Waals surface area (Å²) in [6.07, 6.45) is 0. The third-order valence-corrected chi connectivity index (χ3v) is 3.33. The molecule has 92 valence electrons. The van der Waals surface area contributed by atoms with Crippen LogP contribution in [0.3, 0.4) is 0 Å². The summed E-state index contributed by atoms with van der Waals surface area (Å²) in [6.45, 7) is 0.477. The second-order valence-electron chi connectivity index (χ2n) is 3.82. The van der Waals surface area contributed by atoms with Crippen molar-refractivity contribution in [3.05, 3.63) is 68.3 Å². The van der Waals surface area contributed by atoms with E-state index in [2.05, 4.69) is 27.9 Å². The molecule has 0 heterocycles. The first kappa shape index (κ1) is 13.4. The Kier molecular flexibility index (Phi) is 4.60. The number of benzene rings is 2. The van der Waals surface area contributed by atoms with Gasteiger partial charge in [-0.05, 0) is 58.5 Å². The molecule has 0 spiro atoms. The molecule has 0 saturated carbocycles. The van der Waals surface area contributed by atoms with Crippen LogP contribution in [0.5, 0.6) is 0 Å². The van der Waals surface area contributed by atoms with Crippen molar-refractivity contribution in [2.45, 2.75) is 6.54 Å². The molecule has 2 rings (SSSR count). The van der Waals surface area contributed by atoms with E-state index in [-0.39, 0.29) is 5.91 Å². The van der Waals surface area contributed by atoms with Crippen LogP contribution < -0.4 is 5.32 Å². The van der Waals surface area contributed by atoms with Gasteiger partial charge in [-0.2, -0.15) is 0 Å². The fraction of sp³-hybridized carbons (Fsp3) is 0.0714. The third kappa shape index (κ3) is 3.71. The molecule has 18 heavy (non-hydrogen) atoms. The summed E-state index contributed by atoms with van der Waals surface area (Å²) in [5.74, 6) is -0.0755. The van der Waals surface area contributed by atoms with Gasteiger partial charge in [0.1, 0.15) is 0 Å². The van der Waals surface area contributed by atoms with E-state index in [0.29, 0.717) is 17.1 Å². The molecular weight excluding hydrogens is 361 g/mol. The average molecular weight is 372 g/mol. The Bertz CT molecular complexity index is 571. The number of amides is 1. The largest absolute Gasteiger partial charge is 0.348 e. The van der Waals surface area contributed by atoms with Gasteiger partial charge in [0.25, 0.3) is 5.91 Å². The highest BCUT2D eigenvalue weighted by atomic mass is 127. The molecular formula is C14H11ClINO. The van der Waals surface area contributed by atoms with Crippen LogP contribution in [-0.2, 0) is 6.54 Å². The van der Waals surface area contributed by atoms with Crippen LogP contribution in [0.25, 0.3) is 0 Å². The predicted octanol–water partition coefficient (Wildman–Crippen LogP) is 3.87. The molecule has 0 fully saturated rings. The fourth-order valence-corrected chi connectivity index (χ4v) is 2.32. The Labute approximate surface area is 124 Å². The van der Waals surface area contributed by atoms with Crippen LogP contribution in [-0.4, -0.2) is 5.91 Å². The van der Waals surface area contributed by atoms with Crippen molar-refractivity contribution in [3.8, 4) is 0 Å². The first-order valence-corrected chi connectivity index (χ1v) is 6.89. The van der Waals surface area contributed by atoms with Gasteiger partial charge in [0.15, 0.2) is 0 Å². The number of hydrogen-bond acceptors (Lipinski definition) is 1. The number of rotatable bonds is 3. The molecule has 0 aromatic heterocycles. The normalized spacial score (nSPS) is 10.1. The van der Waals surface area contributed by atoms with Gasteiger partial charge in [0.05, 0.1) is 0 Å². The van der Waals surface area contributed by atoms with Crippen LogP contribution in [0.15, 0.2) is 48.5 Å². The topological polar surface area (TPSA) is 29.1 Å². The van der Waals surface area contributed by atoms with E-state index < -0.39 is 0 Å². The Morgan fingerprint density at radius 2 is 1.94 bits per heavy atom. The standard InChI is InChI=1S/C14H11ClINO/c15-12-5-1-3-10(7-12)9-17-14(18)11-4-2-6-13(16)8-11/h1-8H,9H2,(H,17,18). The summed E-state index contributed by atoms with van der Waals surface area (Å²) in [4.78, 5) is 11.9. The van der Waals surface area contributed by atoms with Gasteiger partial charge >= 0.3 is 0 Å². The zero-order valence-corrected chi connectivity index (χ0v) is 12.4. The summed E-state index contributed by atoms with van der Waals surface area (Å²) in [6, 6.07) is 14.9. The van der Waals surface area contributed by atoms with Crippen molar-refractivity contribution in [1.29, 1.82) is 0 Å². The first-order valence-electron chi connectivity index (χ1n) is 5.43. The van der Waals surface area contributed by atoms with Crippen molar-refractivity contribution >= 4 is 40.1 Å². The van der Waals surface area contributed by atoms with Crippen LogP contribution >= 0.6 is 34.2 Å². The van der Waals surface area contributed by atoms with Gasteiger partial charge in [-0.15, -0.1) is 0 Å². The third-order valence-electron chi connectivity index (χ3n) is 2.43. The van der Waals surface area contributed by atoms with Gasteiger partial charge in [0, 0.05) is 20.7 Å². The van der Waals surface area contributed by atoms with Crippen molar-refractivity contribution < 1.29 is 4.79 Å². The molecule has 1 amide bonds. The molecule has 0 aliphatic carbocycles. The first-order chi connectivity index (χ1) is 8.65. The molecule has 2 nitrogen and oxygen atoms in total. The monoisotopic (exact) mass is 371 g/mol. The number of hydrogen-bond donors (Lipinski definition) is 1. The molecule has 0 aliphatic rings. The maximum absolute atomic E-state index is 11.9. The molecule has 0 saturated heterocycles. The minimum Gasteiger partial charge on any atom is -0.348 e. The quantitative estimate of drug-likeness (QED) is 0.815. The lowest BCUT2D eigenvalue weighted by atomic mass is 10.2.